The molecule has 0 saturated heterocycles. The molecule has 9 heteroatoms. The van der Waals surface area contributed by atoms with Gasteiger partial charge in [0.25, 0.3) is 0 Å². The van der Waals surface area contributed by atoms with Gasteiger partial charge in [-0.3, -0.25) is 14.4 Å². The van der Waals surface area contributed by atoms with Crippen LogP contribution in [0.5, 0.6) is 0 Å². The van der Waals surface area contributed by atoms with Gasteiger partial charge in [-0.15, -0.1) is 0 Å². The fourth-order valence-corrected chi connectivity index (χ4v) is 4.05. The number of nitrogens with zero attached hydrogens (tertiary/aromatic N) is 1. The van der Waals surface area contributed by atoms with Crippen molar-refractivity contribution in [2.45, 2.75) is 105 Å². The topological polar surface area (TPSA) is 114 Å². The number of alkyl carbamates (subject to hydrolysis) is 1. The molecule has 1 rings (SSSR count). The van der Waals surface area contributed by atoms with E-state index in [1.54, 1.807) is 32.6 Å². The molecule has 9 nitrogen and oxygen atoms in total. The predicted molar refractivity (Wildman–Crippen MR) is 152 cm³/mol. The van der Waals surface area contributed by atoms with Crippen molar-refractivity contribution in [3.63, 3.8) is 0 Å². The van der Waals surface area contributed by atoms with Gasteiger partial charge in [-0.25, -0.2) is 4.79 Å². The van der Waals surface area contributed by atoms with Crippen LogP contribution in [0.2, 0.25) is 0 Å². The Morgan fingerprint density at radius 2 is 1.62 bits per heavy atom. The summed E-state index contributed by atoms with van der Waals surface area (Å²) in [6, 6.07) is 5.78. The maximum atomic E-state index is 14.1. The first-order valence-electron chi connectivity index (χ1n) is 14.2. The van der Waals surface area contributed by atoms with Crippen molar-refractivity contribution in [3.05, 3.63) is 35.4 Å². The van der Waals surface area contributed by atoms with Gasteiger partial charge in [0.15, 0.2) is 0 Å². The highest BCUT2D eigenvalue weighted by Gasteiger charge is 2.37. The van der Waals surface area contributed by atoms with E-state index in [9.17, 15) is 19.2 Å². The number of ether oxygens (including phenoxy) is 2. The van der Waals surface area contributed by atoms with Crippen LogP contribution in [0.3, 0.4) is 0 Å². The zero-order chi connectivity index (χ0) is 29.6. The fraction of sp³-hybridized carbons (Fsp3) is 0.667. The lowest BCUT2D eigenvalue weighted by Crippen LogP contribution is -2.55. The molecule has 1 aromatic carbocycles. The molecule has 0 aliphatic rings. The molecule has 0 saturated carbocycles. The monoisotopic (exact) mass is 547 g/mol. The SMILES string of the molecule is CCCCCN(C(=O)C(NC(=O)OC(C)(C)C)C(C)C)C(C(=O)NCCC(=O)OCC)c1ccc(CC)cc1. The van der Waals surface area contributed by atoms with Crippen LogP contribution in [-0.4, -0.2) is 60.1 Å². The van der Waals surface area contributed by atoms with E-state index in [1.165, 1.54) is 0 Å². The van der Waals surface area contributed by atoms with E-state index in [0.29, 0.717) is 18.5 Å². The number of aryl methyl sites for hydroxylation is 1. The van der Waals surface area contributed by atoms with E-state index in [2.05, 4.69) is 17.6 Å². The van der Waals surface area contributed by atoms with E-state index in [1.807, 2.05) is 45.0 Å². The molecule has 2 unspecified atom stereocenters. The number of nitrogens with one attached hydrogen (secondary N) is 2. The van der Waals surface area contributed by atoms with Crippen LogP contribution in [0.4, 0.5) is 4.79 Å². The van der Waals surface area contributed by atoms with E-state index >= 15 is 0 Å². The summed E-state index contributed by atoms with van der Waals surface area (Å²) in [4.78, 5) is 53.8. The van der Waals surface area contributed by atoms with Crippen LogP contribution in [0.1, 0.15) is 98.2 Å². The molecule has 3 amide bonds. The first-order valence-corrected chi connectivity index (χ1v) is 14.2. The van der Waals surface area contributed by atoms with Gasteiger partial charge in [0.05, 0.1) is 13.0 Å². The van der Waals surface area contributed by atoms with Gasteiger partial charge < -0.3 is 25.0 Å². The lowest BCUT2D eigenvalue weighted by molar-refractivity contribution is -0.144. The van der Waals surface area contributed by atoms with Crippen molar-refractivity contribution >= 4 is 23.9 Å². The second-order valence-electron chi connectivity index (χ2n) is 11.0. The first-order chi connectivity index (χ1) is 18.3. The largest absolute Gasteiger partial charge is 0.466 e. The number of unbranched alkanes of at least 4 members (excludes halogenated alkanes) is 2. The molecule has 0 spiro atoms. The molecule has 0 aromatic heterocycles. The number of carbonyl (C=O) groups is 4. The molecule has 0 bridgehead atoms. The summed E-state index contributed by atoms with van der Waals surface area (Å²) in [6.45, 7) is 15.5. The number of hydrogen-bond acceptors (Lipinski definition) is 6. The highest BCUT2D eigenvalue weighted by atomic mass is 16.6. The first kappa shape index (κ1) is 33.9. The van der Waals surface area contributed by atoms with Gasteiger partial charge >= 0.3 is 12.1 Å². The predicted octanol–water partition coefficient (Wildman–Crippen LogP) is 4.93. The minimum atomic E-state index is -0.941. The second kappa shape index (κ2) is 16.8. The van der Waals surface area contributed by atoms with Crippen LogP contribution < -0.4 is 10.6 Å². The Labute approximate surface area is 234 Å². The molecule has 0 aliphatic heterocycles. The number of carbonyl (C=O) groups excluding carboxylic acids is 4. The number of rotatable bonds is 15. The average molecular weight is 548 g/mol. The number of esters is 1. The van der Waals surface area contributed by atoms with E-state index in [-0.39, 0.29) is 31.4 Å². The molecular weight excluding hydrogens is 498 g/mol. The smallest absolute Gasteiger partial charge is 0.408 e. The second-order valence-corrected chi connectivity index (χ2v) is 11.0. The normalized spacial score (nSPS) is 12.8. The third-order valence-electron chi connectivity index (χ3n) is 6.09. The van der Waals surface area contributed by atoms with Crippen molar-refractivity contribution in [2.24, 2.45) is 5.92 Å². The van der Waals surface area contributed by atoms with Gasteiger partial charge in [-0.2, -0.15) is 0 Å². The van der Waals surface area contributed by atoms with Gasteiger partial charge in [-0.1, -0.05) is 64.8 Å². The minimum Gasteiger partial charge on any atom is -0.466 e. The van der Waals surface area contributed by atoms with Crippen molar-refractivity contribution < 1.29 is 28.7 Å². The van der Waals surface area contributed by atoms with E-state index in [0.717, 1.165) is 24.8 Å². The Balaban J connectivity index is 3.41. The van der Waals surface area contributed by atoms with Gasteiger partial charge in [0.1, 0.15) is 17.7 Å². The third-order valence-corrected chi connectivity index (χ3v) is 6.09. The van der Waals surface area contributed by atoms with E-state index in [4.69, 9.17) is 9.47 Å². The Bertz CT molecular complexity index is 924. The molecule has 0 heterocycles. The maximum absolute atomic E-state index is 14.1. The summed E-state index contributed by atoms with van der Waals surface area (Å²) in [5.41, 5.74) is 1.04. The molecule has 1 aromatic rings. The van der Waals surface area contributed by atoms with Gasteiger partial charge in [0, 0.05) is 13.1 Å². The minimum absolute atomic E-state index is 0.0275. The summed E-state index contributed by atoms with van der Waals surface area (Å²) in [6.07, 6.45) is 2.68. The molecule has 220 valence electrons. The maximum Gasteiger partial charge on any atom is 0.408 e. The quantitative estimate of drug-likeness (QED) is 0.238. The molecule has 2 N–H and O–H groups in total. The molecule has 0 fully saturated rings. The van der Waals surface area contributed by atoms with Crippen LogP contribution >= 0.6 is 0 Å². The fourth-order valence-electron chi connectivity index (χ4n) is 4.05. The molecule has 0 aliphatic carbocycles. The zero-order valence-electron chi connectivity index (χ0n) is 25.1. The Kier molecular flexibility index (Phi) is 14.6. The van der Waals surface area contributed by atoms with Crippen LogP contribution in [0.25, 0.3) is 0 Å². The van der Waals surface area contributed by atoms with Crippen molar-refractivity contribution in [2.75, 3.05) is 19.7 Å². The number of hydrogen-bond donors (Lipinski definition) is 2. The van der Waals surface area contributed by atoms with Crippen LogP contribution in [0, 0.1) is 5.92 Å². The average Bonchev–Trinajstić information content (AvgIpc) is 2.85. The molecule has 39 heavy (non-hydrogen) atoms. The standard InChI is InChI=1S/C30H49N3O6/c1-9-12-13-20-33(28(36)25(21(4)5)32-29(37)39-30(6,7)8)26(23-16-14-22(10-2)15-17-23)27(35)31-19-18-24(34)38-11-3/h14-17,21,25-26H,9-13,18-20H2,1-8H3,(H,31,35)(H,32,37). The summed E-state index contributed by atoms with van der Waals surface area (Å²) in [5.74, 6) is -1.42. The third kappa shape index (κ3) is 12.1. The lowest BCUT2D eigenvalue weighted by atomic mass is 9.97. The van der Waals surface area contributed by atoms with Crippen LogP contribution in [0.15, 0.2) is 24.3 Å². The number of amides is 3. The zero-order valence-corrected chi connectivity index (χ0v) is 25.1. The van der Waals surface area contributed by atoms with E-state index < -0.39 is 35.7 Å². The Hall–Kier alpha value is -3.10. The summed E-state index contributed by atoms with van der Waals surface area (Å²) in [7, 11) is 0. The molecule has 0 radical (unpaired) electrons. The molecule has 2 atom stereocenters. The lowest BCUT2D eigenvalue weighted by Gasteiger charge is -2.35. The van der Waals surface area contributed by atoms with Crippen LogP contribution in [-0.2, 0) is 30.3 Å². The highest BCUT2D eigenvalue weighted by Crippen LogP contribution is 2.25. The Morgan fingerprint density at radius 3 is 2.13 bits per heavy atom. The number of benzene rings is 1. The van der Waals surface area contributed by atoms with Gasteiger partial charge in [-0.05, 0) is 57.6 Å². The van der Waals surface area contributed by atoms with Crippen molar-refractivity contribution in [3.8, 4) is 0 Å². The van der Waals surface area contributed by atoms with Gasteiger partial charge in [0.2, 0.25) is 11.8 Å². The van der Waals surface area contributed by atoms with Crippen molar-refractivity contribution in [1.82, 2.24) is 15.5 Å². The summed E-state index contributed by atoms with van der Waals surface area (Å²) in [5, 5.41) is 5.55. The summed E-state index contributed by atoms with van der Waals surface area (Å²) < 4.78 is 10.4. The highest BCUT2D eigenvalue weighted by molar-refractivity contribution is 5.92. The Morgan fingerprint density at radius 1 is 0.974 bits per heavy atom. The van der Waals surface area contributed by atoms with Crippen molar-refractivity contribution in [1.29, 1.82) is 0 Å². The molecular formula is C30H49N3O6. The summed E-state index contributed by atoms with van der Waals surface area (Å²) >= 11 is 0.